The number of hydrogen-bond acceptors (Lipinski definition) is 4. The van der Waals surface area contributed by atoms with E-state index in [2.05, 4.69) is 5.32 Å². The lowest BCUT2D eigenvalue weighted by Crippen LogP contribution is -2.34. The maximum atomic E-state index is 13.8. The molecule has 134 valence electrons. The molecule has 2 aromatic carbocycles. The molecule has 1 heterocycles. The molecule has 0 atom stereocenters. The Morgan fingerprint density at radius 3 is 2.69 bits per heavy atom. The summed E-state index contributed by atoms with van der Waals surface area (Å²) in [6.45, 7) is -0.0850. The predicted molar refractivity (Wildman–Crippen MR) is 106 cm³/mol. The molecule has 0 bridgehead atoms. The summed E-state index contributed by atoms with van der Waals surface area (Å²) in [5.41, 5.74) is 0.717. The molecule has 4 nitrogen and oxygen atoms in total. The van der Waals surface area contributed by atoms with Gasteiger partial charge in [-0.3, -0.25) is 9.59 Å². The van der Waals surface area contributed by atoms with E-state index in [4.69, 9.17) is 0 Å². The summed E-state index contributed by atoms with van der Waals surface area (Å²) in [6.07, 6.45) is 1.93. The first-order chi connectivity index (χ1) is 12.5. The van der Waals surface area contributed by atoms with E-state index in [9.17, 15) is 14.0 Å². The molecule has 3 aromatic rings. The van der Waals surface area contributed by atoms with Crippen LogP contribution >= 0.6 is 23.1 Å². The maximum absolute atomic E-state index is 13.8. The number of thioether (sulfide) groups is 1. The molecule has 3 rings (SSSR count). The number of halogens is 1. The topological polar surface area (TPSA) is 49.4 Å². The fraction of sp³-hybridized carbons (Fsp3) is 0.158. The summed E-state index contributed by atoms with van der Waals surface area (Å²) in [7, 11) is 1.56. The smallest absolute Gasteiger partial charge is 0.264 e. The molecule has 7 heteroatoms. The van der Waals surface area contributed by atoms with Gasteiger partial charge in [0.15, 0.2) is 0 Å². The van der Waals surface area contributed by atoms with Gasteiger partial charge in [0.1, 0.15) is 5.82 Å². The highest BCUT2D eigenvalue weighted by molar-refractivity contribution is 7.98. The molecule has 0 aliphatic heterocycles. The molecule has 0 saturated heterocycles. The van der Waals surface area contributed by atoms with Crippen molar-refractivity contribution >= 4 is 50.7 Å². The van der Waals surface area contributed by atoms with Crippen LogP contribution in [0.2, 0.25) is 0 Å². The van der Waals surface area contributed by atoms with Crippen molar-refractivity contribution in [3.63, 3.8) is 0 Å². The summed E-state index contributed by atoms with van der Waals surface area (Å²) >= 11 is 2.75. The molecule has 2 amide bonds. The number of carbonyl (C=O) groups excluding carboxylic acids is 2. The van der Waals surface area contributed by atoms with Crippen molar-refractivity contribution in [1.29, 1.82) is 0 Å². The fourth-order valence-electron chi connectivity index (χ4n) is 2.54. The third-order valence-electron chi connectivity index (χ3n) is 3.83. The summed E-state index contributed by atoms with van der Waals surface area (Å²) in [6, 6.07) is 13.8. The van der Waals surface area contributed by atoms with Crippen molar-refractivity contribution in [2.75, 3.05) is 25.2 Å². The van der Waals surface area contributed by atoms with Gasteiger partial charge < -0.3 is 10.2 Å². The Morgan fingerprint density at radius 2 is 1.96 bits per heavy atom. The minimum atomic E-state index is -0.355. The average Bonchev–Trinajstić information content (AvgIpc) is 3.07. The summed E-state index contributed by atoms with van der Waals surface area (Å²) in [5.74, 6) is -0.944. The highest BCUT2D eigenvalue weighted by atomic mass is 32.2. The molecule has 0 unspecified atom stereocenters. The Hall–Kier alpha value is -2.38. The molecule has 0 saturated carbocycles. The standard InChI is InChI=1S/C19H17FN2O2S2/c1-22(11-18(23)21-14-7-3-4-8-16(14)25-2)19(24)17-10-12-13(20)6-5-9-15(12)26-17/h3-10H,11H2,1-2H3,(H,21,23). The number of amides is 2. The Kier molecular flexibility index (Phi) is 5.58. The fourth-order valence-corrected chi connectivity index (χ4v) is 4.17. The number of thiophene rings is 1. The predicted octanol–water partition coefficient (Wildman–Crippen LogP) is 4.47. The average molecular weight is 388 g/mol. The first-order valence-electron chi connectivity index (χ1n) is 7.86. The number of fused-ring (bicyclic) bond motifs is 1. The van der Waals surface area contributed by atoms with Gasteiger partial charge in [0.25, 0.3) is 5.91 Å². The highest BCUT2D eigenvalue weighted by Gasteiger charge is 2.19. The van der Waals surface area contributed by atoms with Gasteiger partial charge in [0, 0.05) is 22.0 Å². The minimum absolute atomic E-state index is 0.0850. The largest absolute Gasteiger partial charge is 0.332 e. The lowest BCUT2D eigenvalue weighted by atomic mass is 10.2. The van der Waals surface area contributed by atoms with Gasteiger partial charge in [-0.25, -0.2) is 4.39 Å². The first kappa shape index (κ1) is 18.4. The van der Waals surface area contributed by atoms with Gasteiger partial charge in [0.05, 0.1) is 17.1 Å². The van der Waals surface area contributed by atoms with E-state index in [1.165, 1.54) is 40.1 Å². The van der Waals surface area contributed by atoms with Crippen molar-refractivity contribution in [3.05, 3.63) is 59.2 Å². The second kappa shape index (κ2) is 7.88. The molecular weight excluding hydrogens is 371 g/mol. The molecule has 26 heavy (non-hydrogen) atoms. The van der Waals surface area contributed by atoms with Crippen LogP contribution in [0, 0.1) is 5.82 Å². The molecule has 0 fully saturated rings. The molecule has 0 aliphatic carbocycles. The number of para-hydroxylation sites is 1. The second-order valence-corrected chi connectivity index (χ2v) is 7.60. The quantitative estimate of drug-likeness (QED) is 0.656. The lowest BCUT2D eigenvalue weighted by molar-refractivity contribution is -0.116. The number of anilines is 1. The van der Waals surface area contributed by atoms with Crippen LogP contribution in [0.4, 0.5) is 10.1 Å². The third kappa shape index (κ3) is 3.89. The Morgan fingerprint density at radius 1 is 1.19 bits per heavy atom. The molecule has 1 aromatic heterocycles. The number of hydrogen-bond donors (Lipinski definition) is 1. The monoisotopic (exact) mass is 388 g/mol. The van der Waals surface area contributed by atoms with E-state index in [1.807, 2.05) is 30.5 Å². The van der Waals surface area contributed by atoms with Gasteiger partial charge >= 0.3 is 0 Å². The van der Waals surface area contributed by atoms with E-state index in [-0.39, 0.29) is 24.2 Å². The van der Waals surface area contributed by atoms with Crippen LogP contribution in [0.25, 0.3) is 10.1 Å². The molecule has 0 aliphatic rings. The van der Waals surface area contributed by atoms with Crippen molar-refractivity contribution in [2.45, 2.75) is 4.90 Å². The SMILES string of the molecule is CSc1ccccc1NC(=O)CN(C)C(=O)c1cc2c(F)cccc2s1. The number of nitrogens with zero attached hydrogens (tertiary/aromatic N) is 1. The van der Waals surface area contributed by atoms with Crippen molar-refractivity contribution in [2.24, 2.45) is 0 Å². The molecular formula is C19H17FN2O2S2. The van der Waals surface area contributed by atoms with Gasteiger partial charge in [0.2, 0.25) is 5.91 Å². The first-order valence-corrected chi connectivity index (χ1v) is 9.90. The van der Waals surface area contributed by atoms with Gasteiger partial charge in [-0.05, 0) is 36.6 Å². The maximum Gasteiger partial charge on any atom is 0.264 e. The van der Waals surface area contributed by atoms with Crippen molar-refractivity contribution in [1.82, 2.24) is 4.90 Å². The Balaban J connectivity index is 1.70. The number of likely N-dealkylation sites (N-methyl/N-ethyl adjacent to an activating group) is 1. The minimum Gasteiger partial charge on any atom is -0.332 e. The van der Waals surface area contributed by atoms with Gasteiger partial charge in [-0.2, -0.15) is 0 Å². The highest BCUT2D eigenvalue weighted by Crippen LogP contribution is 2.28. The number of rotatable bonds is 5. The number of carbonyl (C=O) groups is 2. The summed E-state index contributed by atoms with van der Waals surface area (Å²) < 4.78 is 14.5. The molecule has 0 radical (unpaired) electrons. The van der Waals surface area contributed by atoms with Crippen LogP contribution in [0.5, 0.6) is 0 Å². The Labute approximate surface area is 159 Å². The lowest BCUT2D eigenvalue weighted by Gasteiger charge is -2.16. The summed E-state index contributed by atoms with van der Waals surface area (Å²) in [4.78, 5) is 27.5. The van der Waals surface area contributed by atoms with Crippen LogP contribution in [-0.4, -0.2) is 36.6 Å². The number of nitrogens with one attached hydrogen (secondary N) is 1. The zero-order valence-electron chi connectivity index (χ0n) is 14.3. The third-order valence-corrected chi connectivity index (χ3v) is 5.71. The van der Waals surface area contributed by atoms with Crippen LogP contribution in [0.3, 0.4) is 0 Å². The van der Waals surface area contributed by atoms with E-state index >= 15 is 0 Å². The van der Waals surface area contributed by atoms with Crippen molar-refractivity contribution < 1.29 is 14.0 Å². The normalized spacial score (nSPS) is 10.7. The zero-order valence-corrected chi connectivity index (χ0v) is 15.9. The molecule has 1 N–H and O–H groups in total. The van der Waals surface area contributed by atoms with Crippen molar-refractivity contribution in [3.8, 4) is 0 Å². The van der Waals surface area contributed by atoms with Gasteiger partial charge in [-0.1, -0.05) is 18.2 Å². The zero-order chi connectivity index (χ0) is 18.7. The van der Waals surface area contributed by atoms with Crippen LogP contribution in [0.15, 0.2) is 53.4 Å². The van der Waals surface area contributed by atoms with Crippen LogP contribution in [0.1, 0.15) is 9.67 Å². The van der Waals surface area contributed by atoms with E-state index < -0.39 is 0 Å². The van der Waals surface area contributed by atoms with Crippen LogP contribution < -0.4 is 5.32 Å². The van der Waals surface area contributed by atoms with E-state index in [0.717, 1.165) is 10.6 Å². The number of benzene rings is 2. The van der Waals surface area contributed by atoms with E-state index in [0.29, 0.717) is 15.0 Å². The molecule has 0 spiro atoms. The second-order valence-electron chi connectivity index (χ2n) is 5.67. The summed E-state index contributed by atoms with van der Waals surface area (Å²) in [5, 5.41) is 3.25. The van der Waals surface area contributed by atoms with E-state index in [1.54, 1.807) is 19.2 Å². The van der Waals surface area contributed by atoms with Crippen LogP contribution in [-0.2, 0) is 4.79 Å². The Bertz CT molecular complexity index is 971. The van der Waals surface area contributed by atoms with Gasteiger partial charge in [-0.15, -0.1) is 23.1 Å².